The smallest absolute Gasteiger partial charge is 0.199 e. The average molecular weight is 356 g/mol. The van der Waals surface area contributed by atoms with Crippen molar-refractivity contribution in [3.63, 3.8) is 0 Å². The van der Waals surface area contributed by atoms with Gasteiger partial charge in [0, 0.05) is 11.1 Å². The maximum atomic E-state index is 13.4. The molecule has 3 aromatic carbocycles. The summed E-state index contributed by atoms with van der Waals surface area (Å²) in [6.07, 6.45) is 1.09. The van der Waals surface area contributed by atoms with Crippen molar-refractivity contribution in [1.29, 1.82) is 0 Å². The van der Waals surface area contributed by atoms with Crippen LogP contribution in [0.3, 0.4) is 0 Å². The van der Waals surface area contributed by atoms with Gasteiger partial charge in [-0.2, -0.15) is 0 Å². The Balaban J connectivity index is 1.85. The maximum absolute atomic E-state index is 13.4. The number of aryl methyl sites for hydroxylation is 1. The second-order valence-electron chi connectivity index (χ2n) is 6.94. The number of hydrogen-bond donors (Lipinski definition) is 1. The molecular formula is C24H20O3. The molecule has 0 fully saturated rings. The van der Waals surface area contributed by atoms with Crippen LogP contribution in [-0.4, -0.2) is 16.7 Å². The van der Waals surface area contributed by atoms with Crippen LogP contribution in [0.15, 0.2) is 84.9 Å². The van der Waals surface area contributed by atoms with Crippen LogP contribution in [-0.2, 0) is 12.0 Å². The third-order valence-corrected chi connectivity index (χ3v) is 5.40. The predicted octanol–water partition coefficient (Wildman–Crippen LogP) is 4.20. The SMILES string of the molecule is O=C1c2ccccc2CCC1C(O)(C(=O)c1ccccc1)c1ccccc1. The van der Waals surface area contributed by atoms with Crippen LogP contribution in [0.1, 0.15) is 38.3 Å². The van der Waals surface area contributed by atoms with Crippen LogP contribution < -0.4 is 0 Å². The van der Waals surface area contributed by atoms with Gasteiger partial charge < -0.3 is 5.11 Å². The lowest BCUT2D eigenvalue weighted by atomic mass is 9.68. The number of fused-ring (bicyclic) bond motifs is 1. The molecule has 0 spiro atoms. The zero-order chi connectivity index (χ0) is 18.9. The fourth-order valence-electron chi connectivity index (χ4n) is 3.99. The number of carbonyl (C=O) groups is 2. The maximum Gasteiger partial charge on any atom is 0.199 e. The number of rotatable bonds is 4. The van der Waals surface area contributed by atoms with Gasteiger partial charge in [-0.15, -0.1) is 0 Å². The minimum Gasteiger partial charge on any atom is -0.376 e. The normalized spacial score (nSPS) is 18.4. The highest BCUT2D eigenvalue weighted by Crippen LogP contribution is 2.41. The van der Waals surface area contributed by atoms with Gasteiger partial charge in [0.25, 0.3) is 0 Å². The first-order valence-corrected chi connectivity index (χ1v) is 9.12. The Morgan fingerprint density at radius 1 is 0.852 bits per heavy atom. The van der Waals surface area contributed by atoms with Gasteiger partial charge in [-0.05, 0) is 24.0 Å². The molecule has 134 valence electrons. The molecule has 2 atom stereocenters. The molecule has 4 rings (SSSR count). The molecule has 1 N–H and O–H groups in total. The molecule has 0 saturated heterocycles. The van der Waals surface area contributed by atoms with E-state index in [-0.39, 0.29) is 5.78 Å². The number of carbonyl (C=O) groups excluding carboxylic acids is 2. The van der Waals surface area contributed by atoms with E-state index in [0.29, 0.717) is 29.5 Å². The Morgan fingerprint density at radius 3 is 2.15 bits per heavy atom. The third-order valence-electron chi connectivity index (χ3n) is 5.40. The van der Waals surface area contributed by atoms with Crippen LogP contribution in [0.5, 0.6) is 0 Å². The molecule has 3 aromatic rings. The number of ketones is 2. The molecule has 2 unspecified atom stereocenters. The number of hydrogen-bond acceptors (Lipinski definition) is 3. The minimum atomic E-state index is -1.90. The molecule has 0 heterocycles. The van der Waals surface area contributed by atoms with Crippen LogP contribution in [0.4, 0.5) is 0 Å². The zero-order valence-electron chi connectivity index (χ0n) is 14.8. The second-order valence-corrected chi connectivity index (χ2v) is 6.94. The van der Waals surface area contributed by atoms with Crippen molar-refractivity contribution >= 4 is 11.6 Å². The van der Waals surface area contributed by atoms with E-state index in [2.05, 4.69) is 0 Å². The van der Waals surface area contributed by atoms with Crippen molar-refractivity contribution in [2.75, 3.05) is 0 Å². The van der Waals surface area contributed by atoms with Gasteiger partial charge in [0.2, 0.25) is 0 Å². The largest absolute Gasteiger partial charge is 0.376 e. The lowest BCUT2D eigenvalue weighted by Crippen LogP contribution is -2.48. The summed E-state index contributed by atoms with van der Waals surface area (Å²) in [7, 11) is 0. The Hall–Kier alpha value is -3.04. The zero-order valence-corrected chi connectivity index (χ0v) is 14.8. The first kappa shape index (κ1) is 17.4. The predicted molar refractivity (Wildman–Crippen MR) is 104 cm³/mol. The standard InChI is InChI=1S/C24H20O3/c25-22-20-14-8-7-9-17(20)15-16-21(22)24(27,19-12-5-2-6-13-19)23(26)18-10-3-1-4-11-18/h1-14,21,27H,15-16H2. The molecule has 0 aliphatic heterocycles. The Labute approximate surface area is 158 Å². The molecule has 0 aromatic heterocycles. The summed E-state index contributed by atoms with van der Waals surface area (Å²) in [5.41, 5.74) is 0.533. The highest BCUT2D eigenvalue weighted by atomic mass is 16.3. The van der Waals surface area contributed by atoms with E-state index in [1.54, 1.807) is 54.6 Å². The molecular weight excluding hydrogens is 336 g/mol. The summed E-state index contributed by atoms with van der Waals surface area (Å²) in [4.78, 5) is 26.7. The van der Waals surface area contributed by atoms with Crippen LogP contribution in [0, 0.1) is 5.92 Å². The molecule has 3 heteroatoms. The van der Waals surface area contributed by atoms with Crippen molar-refractivity contribution in [3.8, 4) is 0 Å². The quantitative estimate of drug-likeness (QED) is 0.713. The fourth-order valence-corrected chi connectivity index (χ4v) is 3.99. The van der Waals surface area contributed by atoms with E-state index in [1.807, 2.05) is 30.3 Å². The fraction of sp³-hybridized carbons (Fsp3) is 0.167. The van der Waals surface area contributed by atoms with Gasteiger partial charge in [-0.1, -0.05) is 84.9 Å². The molecule has 0 saturated carbocycles. The van der Waals surface area contributed by atoms with E-state index < -0.39 is 17.3 Å². The van der Waals surface area contributed by atoms with Crippen LogP contribution in [0.25, 0.3) is 0 Å². The molecule has 1 aliphatic rings. The van der Waals surface area contributed by atoms with Crippen molar-refractivity contribution in [3.05, 3.63) is 107 Å². The topological polar surface area (TPSA) is 54.4 Å². The number of aliphatic hydroxyl groups is 1. The summed E-state index contributed by atoms with van der Waals surface area (Å²) < 4.78 is 0. The van der Waals surface area contributed by atoms with Gasteiger partial charge in [0.15, 0.2) is 17.2 Å². The van der Waals surface area contributed by atoms with Crippen molar-refractivity contribution < 1.29 is 14.7 Å². The van der Waals surface area contributed by atoms with E-state index in [1.165, 1.54) is 0 Å². The number of benzene rings is 3. The van der Waals surface area contributed by atoms with Crippen LogP contribution in [0.2, 0.25) is 0 Å². The molecule has 27 heavy (non-hydrogen) atoms. The van der Waals surface area contributed by atoms with Gasteiger partial charge in [0.1, 0.15) is 0 Å². The van der Waals surface area contributed by atoms with Gasteiger partial charge in [0.05, 0.1) is 5.92 Å². The Morgan fingerprint density at radius 2 is 1.44 bits per heavy atom. The summed E-state index contributed by atoms with van der Waals surface area (Å²) in [6.45, 7) is 0. The Bertz CT molecular complexity index is 979. The third kappa shape index (κ3) is 2.90. The van der Waals surface area contributed by atoms with Crippen molar-refractivity contribution in [2.45, 2.75) is 18.4 Å². The van der Waals surface area contributed by atoms with E-state index in [9.17, 15) is 14.7 Å². The van der Waals surface area contributed by atoms with Crippen molar-refractivity contribution in [2.24, 2.45) is 5.92 Å². The minimum absolute atomic E-state index is 0.174. The first-order valence-electron chi connectivity index (χ1n) is 9.12. The van der Waals surface area contributed by atoms with Gasteiger partial charge >= 0.3 is 0 Å². The molecule has 0 bridgehead atoms. The average Bonchev–Trinajstić information content (AvgIpc) is 2.74. The lowest BCUT2D eigenvalue weighted by Gasteiger charge is -2.37. The first-order chi connectivity index (χ1) is 13.1. The van der Waals surface area contributed by atoms with Crippen LogP contribution >= 0.6 is 0 Å². The Kier molecular flexibility index (Phi) is 4.46. The second kappa shape index (κ2) is 6.93. The van der Waals surface area contributed by atoms with Crippen molar-refractivity contribution in [1.82, 2.24) is 0 Å². The molecule has 0 amide bonds. The highest BCUT2D eigenvalue weighted by Gasteiger charge is 2.50. The monoisotopic (exact) mass is 356 g/mol. The number of Topliss-reactive ketones (excluding diaryl/α,β-unsaturated/α-hetero) is 2. The van der Waals surface area contributed by atoms with Gasteiger partial charge in [-0.25, -0.2) is 0 Å². The summed E-state index contributed by atoms with van der Waals surface area (Å²) in [5.74, 6) is -1.43. The highest BCUT2D eigenvalue weighted by molar-refractivity contribution is 6.09. The van der Waals surface area contributed by atoms with E-state index in [4.69, 9.17) is 0 Å². The molecule has 3 nitrogen and oxygen atoms in total. The van der Waals surface area contributed by atoms with E-state index in [0.717, 1.165) is 5.56 Å². The molecule has 0 radical (unpaired) electrons. The molecule has 1 aliphatic carbocycles. The lowest BCUT2D eigenvalue weighted by molar-refractivity contribution is -0.00555. The van der Waals surface area contributed by atoms with Gasteiger partial charge in [-0.3, -0.25) is 9.59 Å². The summed E-state index contributed by atoms with van der Waals surface area (Å²) in [5, 5.41) is 11.8. The summed E-state index contributed by atoms with van der Waals surface area (Å²) >= 11 is 0. The summed E-state index contributed by atoms with van der Waals surface area (Å²) in [6, 6.07) is 25.0. The van der Waals surface area contributed by atoms with E-state index >= 15 is 0 Å².